The molecule has 1 aliphatic rings. The summed E-state index contributed by atoms with van der Waals surface area (Å²) in [7, 11) is -1.74. The van der Waals surface area contributed by atoms with Crippen molar-refractivity contribution in [3.05, 3.63) is 0 Å². The van der Waals surface area contributed by atoms with Crippen molar-refractivity contribution in [2.24, 2.45) is 0 Å². The van der Waals surface area contributed by atoms with Crippen molar-refractivity contribution in [1.29, 1.82) is 0 Å². The van der Waals surface area contributed by atoms with E-state index >= 15 is 0 Å². The Hall–Kier alpha value is -1.15. The molecule has 1 fully saturated rings. The number of ether oxygens (including phenoxy) is 1. The van der Waals surface area contributed by atoms with E-state index in [1.54, 1.807) is 4.90 Å². The van der Waals surface area contributed by atoms with Crippen molar-refractivity contribution in [3.63, 3.8) is 0 Å². The molecule has 0 spiro atoms. The lowest BCUT2D eigenvalue weighted by molar-refractivity contribution is -0.141. The average Bonchev–Trinajstić information content (AvgIpc) is 2.41. The molecule has 0 unspecified atom stereocenters. The van der Waals surface area contributed by atoms with Crippen LogP contribution in [0.25, 0.3) is 0 Å². The van der Waals surface area contributed by atoms with E-state index < -0.39 is 9.84 Å². The zero-order valence-electron chi connectivity index (χ0n) is 12.0. The van der Waals surface area contributed by atoms with Crippen LogP contribution in [0.1, 0.15) is 12.8 Å². The molecule has 1 amide bonds. The van der Waals surface area contributed by atoms with Crippen molar-refractivity contribution in [2.45, 2.75) is 12.8 Å². The van der Waals surface area contributed by atoms with Gasteiger partial charge in [-0.15, -0.1) is 0 Å². The van der Waals surface area contributed by atoms with E-state index in [0.717, 1.165) is 6.26 Å². The molecule has 0 N–H and O–H groups in total. The van der Waals surface area contributed by atoms with Crippen LogP contribution in [0.3, 0.4) is 0 Å². The average molecular weight is 306 g/mol. The van der Waals surface area contributed by atoms with E-state index in [0.29, 0.717) is 39.1 Å². The molecule has 0 atom stereocenters. The van der Waals surface area contributed by atoms with Crippen LogP contribution in [-0.2, 0) is 24.2 Å². The number of esters is 1. The molecule has 0 saturated carbocycles. The fourth-order valence-electron chi connectivity index (χ4n) is 2.00. The molecule has 0 aromatic heterocycles. The van der Waals surface area contributed by atoms with Crippen LogP contribution in [0.5, 0.6) is 0 Å². The summed E-state index contributed by atoms with van der Waals surface area (Å²) in [6.07, 6.45) is 1.52. The molecule has 20 heavy (non-hydrogen) atoms. The number of carbonyl (C=O) groups is 2. The van der Waals surface area contributed by atoms with Gasteiger partial charge in [-0.3, -0.25) is 14.5 Å². The lowest BCUT2D eigenvalue weighted by atomic mass is 10.2. The predicted octanol–water partition coefficient (Wildman–Crippen LogP) is -0.872. The fourth-order valence-corrected chi connectivity index (χ4v) is 2.55. The molecule has 1 saturated heterocycles. The van der Waals surface area contributed by atoms with Gasteiger partial charge in [0.2, 0.25) is 5.91 Å². The second-order valence-corrected chi connectivity index (χ2v) is 7.19. The maximum absolute atomic E-state index is 11.8. The number of rotatable bonds is 6. The number of amides is 1. The summed E-state index contributed by atoms with van der Waals surface area (Å²) < 4.78 is 26.6. The van der Waals surface area contributed by atoms with Crippen LogP contribution in [0.2, 0.25) is 0 Å². The molecular formula is C12H22N2O5S. The second-order valence-electron chi connectivity index (χ2n) is 4.93. The van der Waals surface area contributed by atoms with Crippen LogP contribution in [0.4, 0.5) is 0 Å². The summed E-state index contributed by atoms with van der Waals surface area (Å²) in [5.41, 5.74) is 0. The van der Waals surface area contributed by atoms with Crippen molar-refractivity contribution < 1.29 is 22.7 Å². The molecule has 8 heteroatoms. The highest BCUT2D eigenvalue weighted by molar-refractivity contribution is 7.90. The summed E-state index contributed by atoms with van der Waals surface area (Å²) in [4.78, 5) is 26.6. The van der Waals surface area contributed by atoms with Gasteiger partial charge in [0, 0.05) is 45.4 Å². The maximum atomic E-state index is 11.8. The molecule has 0 aromatic rings. The summed E-state index contributed by atoms with van der Waals surface area (Å²) in [6.45, 7) is 3.16. The minimum Gasteiger partial charge on any atom is -0.469 e. The van der Waals surface area contributed by atoms with Gasteiger partial charge in [0.1, 0.15) is 9.84 Å². The van der Waals surface area contributed by atoms with Crippen LogP contribution in [-0.4, -0.2) is 81.9 Å². The topological polar surface area (TPSA) is 84.0 Å². The highest BCUT2D eigenvalue weighted by Gasteiger charge is 2.22. The Bertz CT molecular complexity index is 441. The number of hydrogen-bond acceptors (Lipinski definition) is 6. The molecule has 1 rings (SSSR count). The SMILES string of the molecule is COC(=O)CCN1CCN(C(=O)CCS(C)(=O)=O)CC1. The Kier molecular flexibility index (Phi) is 6.41. The van der Waals surface area contributed by atoms with E-state index in [1.807, 2.05) is 0 Å². The van der Waals surface area contributed by atoms with Crippen LogP contribution in [0, 0.1) is 0 Å². The molecule has 0 aliphatic carbocycles. The predicted molar refractivity (Wildman–Crippen MR) is 74.0 cm³/mol. The van der Waals surface area contributed by atoms with Gasteiger partial charge < -0.3 is 9.64 Å². The van der Waals surface area contributed by atoms with Gasteiger partial charge in [-0.05, 0) is 0 Å². The summed E-state index contributed by atoms with van der Waals surface area (Å²) in [5, 5.41) is 0. The molecule has 1 aliphatic heterocycles. The Morgan fingerprint density at radius 1 is 1.10 bits per heavy atom. The largest absolute Gasteiger partial charge is 0.469 e. The van der Waals surface area contributed by atoms with Gasteiger partial charge in [-0.1, -0.05) is 0 Å². The van der Waals surface area contributed by atoms with E-state index in [4.69, 9.17) is 0 Å². The third-order valence-electron chi connectivity index (χ3n) is 3.27. The first-order chi connectivity index (χ1) is 9.31. The Balaban J connectivity index is 2.27. The van der Waals surface area contributed by atoms with Gasteiger partial charge in [0.25, 0.3) is 0 Å². The number of nitrogens with zero attached hydrogens (tertiary/aromatic N) is 2. The molecule has 0 radical (unpaired) electrons. The molecular weight excluding hydrogens is 284 g/mol. The molecule has 0 bridgehead atoms. The normalized spacial score (nSPS) is 17.0. The van der Waals surface area contributed by atoms with E-state index in [1.165, 1.54) is 7.11 Å². The number of carbonyl (C=O) groups excluding carboxylic acids is 2. The standard InChI is InChI=1S/C12H22N2O5S/c1-19-12(16)3-5-13-6-8-14(9-7-13)11(15)4-10-20(2,17)18/h3-10H2,1-2H3. The molecule has 116 valence electrons. The fraction of sp³-hybridized carbons (Fsp3) is 0.833. The lowest BCUT2D eigenvalue weighted by Gasteiger charge is -2.34. The zero-order chi connectivity index (χ0) is 15.2. The van der Waals surface area contributed by atoms with Crippen molar-refractivity contribution in [3.8, 4) is 0 Å². The van der Waals surface area contributed by atoms with Gasteiger partial charge >= 0.3 is 5.97 Å². The highest BCUT2D eigenvalue weighted by Crippen LogP contribution is 2.05. The van der Waals surface area contributed by atoms with Gasteiger partial charge in [0.05, 0.1) is 19.3 Å². The summed E-state index contributed by atoms with van der Waals surface area (Å²) in [5.74, 6) is -0.464. The van der Waals surface area contributed by atoms with E-state index in [9.17, 15) is 18.0 Å². The highest BCUT2D eigenvalue weighted by atomic mass is 32.2. The minimum absolute atomic E-state index is 0.0427. The first-order valence-corrected chi connectivity index (χ1v) is 8.62. The molecule has 1 heterocycles. The van der Waals surface area contributed by atoms with Crippen molar-refractivity contribution in [2.75, 3.05) is 51.8 Å². The van der Waals surface area contributed by atoms with E-state index in [-0.39, 0.29) is 24.1 Å². The third kappa shape index (κ3) is 6.33. The van der Waals surface area contributed by atoms with Crippen LogP contribution in [0.15, 0.2) is 0 Å². The lowest BCUT2D eigenvalue weighted by Crippen LogP contribution is -2.49. The Labute approximate surface area is 119 Å². The second kappa shape index (κ2) is 7.58. The third-order valence-corrected chi connectivity index (χ3v) is 4.22. The Morgan fingerprint density at radius 3 is 2.20 bits per heavy atom. The van der Waals surface area contributed by atoms with Crippen molar-refractivity contribution >= 4 is 21.7 Å². The number of methoxy groups -OCH3 is 1. The van der Waals surface area contributed by atoms with Crippen molar-refractivity contribution in [1.82, 2.24) is 9.80 Å². The summed E-state index contributed by atoms with van der Waals surface area (Å²) >= 11 is 0. The number of sulfone groups is 1. The molecule has 0 aromatic carbocycles. The zero-order valence-corrected chi connectivity index (χ0v) is 12.8. The number of piperazine rings is 1. The van der Waals surface area contributed by atoms with Crippen LogP contribution >= 0.6 is 0 Å². The first-order valence-electron chi connectivity index (χ1n) is 6.56. The quantitative estimate of drug-likeness (QED) is 0.593. The first kappa shape index (κ1) is 16.9. The molecule has 7 nitrogen and oxygen atoms in total. The monoisotopic (exact) mass is 306 g/mol. The minimum atomic E-state index is -3.10. The Morgan fingerprint density at radius 2 is 1.70 bits per heavy atom. The smallest absolute Gasteiger partial charge is 0.306 e. The van der Waals surface area contributed by atoms with Gasteiger partial charge in [0.15, 0.2) is 0 Å². The van der Waals surface area contributed by atoms with Gasteiger partial charge in [-0.2, -0.15) is 0 Å². The number of hydrogen-bond donors (Lipinski definition) is 0. The maximum Gasteiger partial charge on any atom is 0.306 e. The van der Waals surface area contributed by atoms with Gasteiger partial charge in [-0.25, -0.2) is 8.42 Å². The summed E-state index contributed by atoms with van der Waals surface area (Å²) in [6, 6.07) is 0. The van der Waals surface area contributed by atoms with E-state index in [2.05, 4.69) is 9.64 Å². The van der Waals surface area contributed by atoms with Crippen LogP contribution < -0.4 is 0 Å².